The highest BCUT2D eigenvalue weighted by molar-refractivity contribution is 6.26. The molecule has 0 N–H and O–H groups in total. The van der Waals surface area contributed by atoms with E-state index in [1.807, 2.05) is 0 Å². The second-order valence-corrected chi connectivity index (χ2v) is 19.1. The van der Waals surface area contributed by atoms with Crippen molar-refractivity contribution in [3.8, 4) is 77.9 Å². The second kappa shape index (κ2) is 17.2. The van der Waals surface area contributed by atoms with Crippen molar-refractivity contribution in [3.05, 3.63) is 279 Å². The van der Waals surface area contributed by atoms with Crippen LogP contribution in [0, 0.1) is 0 Å². The van der Waals surface area contributed by atoms with Gasteiger partial charge in [0.05, 0.1) is 0 Å². The quantitative estimate of drug-likeness (QED) is 0.140. The molecule has 72 heavy (non-hydrogen) atoms. The van der Waals surface area contributed by atoms with E-state index >= 15 is 0 Å². The third kappa shape index (κ3) is 6.91. The lowest BCUT2D eigenvalue weighted by molar-refractivity contribution is 1.60. The van der Waals surface area contributed by atoms with Crippen LogP contribution in [0.25, 0.3) is 143 Å². The molecule has 0 heteroatoms. The average molecular weight is 911 g/mol. The van der Waals surface area contributed by atoms with Crippen molar-refractivity contribution in [3.63, 3.8) is 0 Å². The summed E-state index contributed by atoms with van der Waals surface area (Å²) < 4.78 is 0. The van der Waals surface area contributed by atoms with E-state index in [1.165, 1.54) is 143 Å². The van der Waals surface area contributed by atoms with E-state index in [-0.39, 0.29) is 0 Å². The molecule has 0 spiro atoms. The third-order valence-corrected chi connectivity index (χ3v) is 15.1. The van der Waals surface area contributed by atoms with Gasteiger partial charge in [0.1, 0.15) is 0 Å². The van der Waals surface area contributed by atoms with Crippen LogP contribution in [-0.2, 0) is 0 Å². The predicted molar refractivity (Wildman–Crippen MR) is 310 cm³/mol. The molecule has 0 aliphatic rings. The summed E-state index contributed by atoms with van der Waals surface area (Å²) in [6.07, 6.45) is 0. The van der Waals surface area contributed by atoms with Crippen LogP contribution in [0.2, 0.25) is 0 Å². The monoisotopic (exact) mass is 910 g/mol. The summed E-state index contributed by atoms with van der Waals surface area (Å²) in [6.45, 7) is 0. The van der Waals surface area contributed by atoms with Gasteiger partial charge in [0.25, 0.3) is 0 Å². The Labute approximate surface area is 419 Å². The molecule has 0 radical (unpaired) electrons. The molecule has 14 rings (SSSR count). The number of fused-ring (bicyclic) bond motifs is 10. The summed E-state index contributed by atoms with van der Waals surface area (Å²) in [5.74, 6) is 0. The Morgan fingerprint density at radius 2 is 0.375 bits per heavy atom. The summed E-state index contributed by atoms with van der Waals surface area (Å²) in [4.78, 5) is 0. The van der Waals surface area contributed by atoms with Gasteiger partial charge in [-0.25, -0.2) is 0 Å². The number of hydrogen-bond acceptors (Lipinski definition) is 0. The smallest absolute Gasteiger partial charge is 0.00921 e. The highest BCUT2D eigenvalue weighted by Crippen LogP contribution is 2.48. The average Bonchev–Trinajstić information content (AvgIpc) is 3.47. The fourth-order valence-electron chi connectivity index (χ4n) is 11.7. The number of rotatable bonds is 7. The van der Waals surface area contributed by atoms with Crippen molar-refractivity contribution >= 4 is 64.6 Å². The molecular weight excluding hydrogens is 865 g/mol. The Balaban J connectivity index is 1.06. The fourth-order valence-corrected chi connectivity index (χ4v) is 11.7. The summed E-state index contributed by atoms with van der Waals surface area (Å²) >= 11 is 0. The Bertz CT molecular complexity index is 4400. The van der Waals surface area contributed by atoms with Crippen molar-refractivity contribution < 1.29 is 0 Å². The normalized spacial score (nSPS) is 11.6. The second-order valence-electron chi connectivity index (χ2n) is 19.1. The molecule has 0 fully saturated rings. The van der Waals surface area contributed by atoms with Crippen molar-refractivity contribution in [2.75, 3.05) is 0 Å². The van der Waals surface area contributed by atoms with Gasteiger partial charge in [0, 0.05) is 0 Å². The molecule has 0 atom stereocenters. The first-order valence-electron chi connectivity index (χ1n) is 25.0. The summed E-state index contributed by atoms with van der Waals surface area (Å²) in [5, 5.41) is 15.0. The van der Waals surface area contributed by atoms with E-state index in [0.717, 1.165) is 0 Å². The zero-order valence-electron chi connectivity index (χ0n) is 39.6. The third-order valence-electron chi connectivity index (χ3n) is 15.1. The summed E-state index contributed by atoms with van der Waals surface area (Å²) in [5.41, 5.74) is 17.0. The molecule has 0 saturated heterocycles. The van der Waals surface area contributed by atoms with E-state index in [9.17, 15) is 0 Å². The standard InChI is InChI=1S/C72H46/c1-5-21-47(22-6-1)53-29-13-15-31-55(53)67-46-72-66-42-52(38-40-62(66)68(45-71(72)60-36-20-19-35-59(60)67)56-32-16-14-30-54(56)48-23-7-2-8-24-48)51-37-39-61-65(41-51)64(50-27-11-4-12-28-50)44-69-58-34-18-17-33-57(58)63(43-70(61)69)49-25-9-3-10-26-49/h1-46H. The van der Waals surface area contributed by atoms with Crippen LogP contribution in [0.1, 0.15) is 0 Å². The highest BCUT2D eigenvalue weighted by Gasteiger charge is 2.20. The van der Waals surface area contributed by atoms with Gasteiger partial charge in [0.15, 0.2) is 0 Å². The van der Waals surface area contributed by atoms with Crippen LogP contribution in [0.4, 0.5) is 0 Å². The molecule has 0 saturated carbocycles. The number of hydrogen-bond donors (Lipinski definition) is 0. The van der Waals surface area contributed by atoms with E-state index in [0.29, 0.717) is 0 Å². The minimum atomic E-state index is 1.18. The van der Waals surface area contributed by atoms with Crippen molar-refractivity contribution in [2.24, 2.45) is 0 Å². The lowest BCUT2D eigenvalue weighted by Crippen LogP contribution is -1.93. The van der Waals surface area contributed by atoms with Gasteiger partial charge in [-0.05, 0) is 179 Å². The van der Waals surface area contributed by atoms with Gasteiger partial charge in [-0.15, -0.1) is 0 Å². The molecule has 0 unspecified atom stereocenters. The zero-order chi connectivity index (χ0) is 47.5. The molecule has 0 aromatic heterocycles. The molecule has 0 amide bonds. The van der Waals surface area contributed by atoms with Crippen LogP contribution in [0.3, 0.4) is 0 Å². The molecule has 14 aromatic rings. The van der Waals surface area contributed by atoms with Gasteiger partial charge in [-0.1, -0.05) is 243 Å². The first-order chi connectivity index (χ1) is 35.7. The molecule has 0 bridgehead atoms. The molecule has 334 valence electrons. The molecule has 0 nitrogen and oxygen atoms in total. The molecule has 0 heterocycles. The first-order valence-corrected chi connectivity index (χ1v) is 25.0. The largest absolute Gasteiger partial charge is 0.0622 e. The molecule has 14 aromatic carbocycles. The van der Waals surface area contributed by atoms with E-state index in [1.54, 1.807) is 0 Å². The van der Waals surface area contributed by atoms with Gasteiger partial charge < -0.3 is 0 Å². The number of benzene rings is 14. The Hall–Kier alpha value is -9.36. The lowest BCUT2D eigenvalue weighted by Gasteiger charge is -2.20. The van der Waals surface area contributed by atoms with Crippen LogP contribution in [-0.4, -0.2) is 0 Å². The van der Waals surface area contributed by atoms with E-state index in [2.05, 4.69) is 279 Å². The first kappa shape index (κ1) is 41.6. The van der Waals surface area contributed by atoms with Crippen LogP contribution >= 0.6 is 0 Å². The van der Waals surface area contributed by atoms with Gasteiger partial charge in [-0.2, -0.15) is 0 Å². The maximum atomic E-state index is 2.48. The van der Waals surface area contributed by atoms with Gasteiger partial charge in [0.2, 0.25) is 0 Å². The van der Waals surface area contributed by atoms with Crippen LogP contribution < -0.4 is 0 Å². The van der Waals surface area contributed by atoms with E-state index in [4.69, 9.17) is 0 Å². The van der Waals surface area contributed by atoms with Crippen molar-refractivity contribution in [1.82, 2.24) is 0 Å². The van der Waals surface area contributed by atoms with Crippen molar-refractivity contribution in [1.29, 1.82) is 0 Å². The summed E-state index contributed by atoms with van der Waals surface area (Å²) in [6, 6.07) is 103. The van der Waals surface area contributed by atoms with Crippen LogP contribution in [0.15, 0.2) is 279 Å². The molecular formula is C72H46. The Kier molecular flexibility index (Phi) is 9.96. The lowest BCUT2D eigenvalue weighted by atomic mass is 9.84. The van der Waals surface area contributed by atoms with Crippen LogP contribution in [0.5, 0.6) is 0 Å². The Morgan fingerprint density at radius 3 is 0.833 bits per heavy atom. The topological polar surface area (TPSA) is 0 Å². The molecule has 0 aliphatic carbocycles. The zero-order valence-corrected chi connectivity index (χ0v) is 39.6. The highest BCUT2D eigenvalue weighted by atomic mass is 14.2. The van der Waals surface area contributed by atoms with E-state index < -0.39 is 0 Å². The maximum Gasteiger partial charge on any atom is -0.00921 e. The predicted octanol–water partition coefficient (Wildman–Crippen LogP) is 20.3. The minimum absolute atomic E-state index is 1.18. The SMILES string of the molecule is c1ccc(-c2ccccc2-c2cc3c4cc(-c5ccc6c(c5)c(-c5ccccc5)cc5c7ccccc7c(-c7ccccc7)cc65)ccc4c(-c4ccccc4-c4ccccc4)cc3c3ccccc23)cc1. The summed E-state index contributed by atoms with van der Waals surface area (Å²) in [7, 11) is 0. The maximum absolute atomic E-state index is 2.48. The Morgan fingerprint density at radius 1 is 0.111 bits per heavy atom. The minimum Gasteiger partial charge on any atom is -0.0622 e. The van der Waals surface area contributed by atoms with Gasteiger partial charge in [-0.3, -0.25) is 0 Å². The van der Waals surface area contributed by atoms with Gasteiger partial charge >= 0.3 is 0 Å². The fraction of sp³-hybridized carbons (Fsp3) is 0. The molecule has 0 aliphatic heterocycles. The van der Waals surface area contributed by atoms with Crippen molar-refractivity contribution in [2.45, 2.75) is 0 Å².